The molecule has 2 fully saturated rings. The van der Waals surface area contributed by atoms with Crippen LogP contribution in [0, 0.1) is 5.82 Å². The van der Waals surface area contributed by atoms with Crippen molar-refractivity contribution in [2.45, 2.75) is 44.2 Å². The topological polar surface area (TPSA) is 43.8 Å². The van der Waals surface area contributed by atoms with E-state index in [1.807, 2.05) is 0 Å². The fourth-order valence-corrected chi connectivity index (χ4v) is 3.66. The molecule has 1 aromatic rings. The van der Waals surface area contributed by atoms with Crippen LogP contribution in [0.1, 0.15) is 37.7 Å². The van der Waals surface area contributed by atoms with E-state index in [1.165, 1.54) is 18.6 Å². The fraction of sp³-hybridized carbons (Fsp3) is 0.611. The highest BCUT2D eigenvalue weighted by Gasteiger charge is 2.43. The fourth-order valence-electron chi connectivity index (χ4n) is 3.66. The molecule has 0 saturated carbocycles. The van der Waals surface area contributed by atoms with Crippen molar-refractivity contribution in [1.82, 2.24) is 9.80 Å². The maximum absolute atomic E-state index is 13.0. The molecule has 0 unspecified atom stereocenters. The van der Waals surface area contributed by atoms with Gasteiger partial charge in [-0.1, -0.05) is 18.6 Å². The van der Waals surface area contributed by atoms with Gasteiger partial charge in [0.15, 0.2) is 5.60 Å². The summed E-state index contributed by atoms with van der Waals surface area (Å²) >= 11 is 0. The first-order valence-electron chi connectivity index (χ1n) is 8.55. The van der Waals surface area contributed by atoms with Crippen LogP contribution < -0.4 is 0 Å². The molecule has 4 nitrogen and oxygen atoms in total. The lowest BCUT2D eigenvalue weighted by atomic mass is 9.90. The highest BCUT2D eigenvalue weighted by Crippen LogP contribution is 2.26. The molecule has 1 amide bonds. The average Bonchev–Trinajstić information content (AvgIpc) is 2.55. The Balaban J connectivity index is 1.65. The maximum Gasteiger partial charge on any atom is 0.256 e. The highest BCUT2D eigenvalue weighted by molar-refractivity contribution is 5.86. The summed E-state index contributed by atoms with van der Waals surface area (Å²) in [7, 11) is 0. The summed E-state index contributed by atoms with van der Waals surface area (Å²) < 4.78 is 13.0. The Kier molecular flexibility index (Phi) is 4.97. The van der Waals surface area contributed by atoms with E-state index in [4.69, 9.17) is 0 Å². The van der Waals surface area contributed by atoms with Crippen molar-refractivity contribution in [3.63, 3.8) is 0 Å². The first kappa shape index (κ1) is 16.4. The first-order valence-corrected chi connectivity index (χ1v) is 8.55. The summed E-state index contributed by atoms with van der Waals surface area (Å²) in [6.45, 7) is 3.45. The van der Waals surface area contributed by atoms with Crippen LogP contribution in [0.4, 0.5) is 4.39 Å². The number of benzene rings is 1. The van der Waals surface area contributed by atoms with E-state index < -0.39 is 5.60 Å². The van der Waals surface area contributed by atoms with Gasteiger partial charge in [-0.05, 0) is 56.5 Å². The molecule has 0 aliphatic carbocycles. The number of carbonyl (C=O) groups is 1. The van der Waals surface area contributed by atoms with E-state index in [2.05, 4.69) is 4.90 Å². The molecule has 2 heterocycles. The molecule has 0 aromatic heterocycles. The molecule has 0 radical (unpaired) electrons. The second kappa shape index (κ2) is 6.97. The number of nitrogens with zero attached hydrogens (tertiary/aromatic N) is 2. The van der Waals surface area contributed by atoms with Gasteiger partial charge >= 0.3 is 0 Å². The Morgan fingerprint density at radius 2 is 1.74 bits per heavy atom. The van der Waals surface area contributed by atoms with Crippen LogP contribution in [0.2, 0.25) is 0 Å². The zero-order chi connectivity index (χ0) is 16.3. The number of halogens is 1. The van der Waals surface area contributed by atoms with Gasteiger partial charge in [0, 0.05) is 19.6 Å². The maximum atomic E-state index is 13.0. The van der Waals surface area contributed by atoms with Gasteiger partial charge in [0.25, 0.3) is 5.91 Å². The number of amides is 1. The van der Waals surface area contributed by atoms with Crippen LogP contribution in [0.25, 0.3) is 0 Å². The quantitative estimate of drug-likeness (QED) is 0.925. The molecule has 5 heteroatoms. The van der Waals surface area contributed by atoms with E-state index >= 15 is 0 Å². The molecule has 2 aliphatic rings. The van der Waals surface area contributed by atoms with Crippen molar-refractivity contribution in [3.05, 3.63) is 35.6 Å². The van der Waals surface area contributed by atoms with Crippen molar-refractivity contribution in [1.29, 1.82) is 0 Å². The molecule has 0 spiro atoms. The third kappa shape index (κ3) is 3.90. The van der Waals surface area contributed by atoms with Gasteiger partial charge in [-0.15, -0.1) is 0 Å². The summed E-state index contributed by atoms with van der Waals surface area (Å²) in [4.78, 5) is 16.7. The van der Waals surface area contributed by atoms with E-state index in [0.717, 1.165) is 37.9 Å². The zero-order valence-corrected chi connectivity index (χ0v) is 13.5. The van der Waals surface area contributed by atoms with Gasteiger partial charge in [-0.3, -0.25) is 9.69 Å². The second-order valence-electron chi connectivity index (χ2n) is 6.83. The number of rotatable bonds is 4. The number of likely N-dealkylation sites (tertiary alicyclic amines) is 2. The number of hydrogen-bond donors (Lipinski definition) is 1. The van der Waals surface area contributed by atoms with Crippen molar-refractivity contribution < 1.29 is 14.3 Å². The Hall–Kier alpha value is -1.46. The van der Waals surface area contributed by atoms with Crippen molar-refractivity contribution in [3.8, 4) is 0 Å². The van der Waals surface area contributed by atoms with E-state index in [9.17, 15) is 14.3 Å². The van der Waals surface area contributed by atoms with Crippen LogP contribution >= 0.6 is 0 Å². The Morgan fingerprint density at radius 1 is 1.04 bits per heavy atom. The Bertz CT molecular complexity index is 542. The second-order valence-corrected chi connectivity index (χ2v) is 6.83. The highest BCUT2D eigenvalue weighted by atomic mass is 19.1. The first-order chi connectivity index (χ1) is 11.1. The molecular formula is C18H25FN2O2. The van der Waals surface area contributed by atoms with Gasteiger partial charge in [-0.2, -0.15) is 0 Å². The lowest BCUT2D eigenvalue weighted by Gasteiger charge is -2.41. The molecule has 1 N–H and O–H groups in total. The third-order valence-electron chi connectivity index (χ3n) is 4.92. The van der Waals surface area contributed by atoms with Crippen LogP contribution in [0.15, 0.2) is 24.3 Å². The molecule has 3 rings (SSSR count). The van der Waals surface area contributed by atoms with Gasteiger partial charge in [0.2, 0.25) is 0 Å². The average molecular weight is 320 g/mol. The molecule has 2 saturated heterocycles. The number of β-amino-alcohol motifs (C(OH)–C–C–N with tert-alkyl or cyclic N) is 1. The minimum atomic E-state index is -1.27. The summed E-state index contributed by atoms with van der Waals surface area (Å²) in [6.07, 6.45) is 4.85. The van der Waals surface area contributed by atoms with E-state index in [-0.39, 0.29) is 11.7 Å². The standard InChI is InChI=1S/C18H25FN2O2/c19-16-7-5-15(6-8-16)13-21-12-4-9-18(23,17(21)22)14-20-10-2-1-3-11-20/h5-8,23H,1-4,9-14H2/t18-/m1/s1. The summed E-state index contributed by atoms with van der Waals surface area (Å²) in [5.74, 6) is -0.459. The van der Waals surface area contributed by atoms with Gasteiger partial charge in [0.1, 0.15) is 5.82 Å². The van der Waals surface area contributed by atoms with Crippen LogP contribution in [0.3, 0.4) is 0 Å². The van der Waals surface area contributed by atoms with E-state index in [0.29, 0.717) is 26.1 Å². The summed E-state index contributed by atoms with van der Waals surface area (Å²) in [5.41, 5.74) is -0.378. The molecular weight excluding hydrogens is 295 g/mol. The van der Waals surface area contributed by atoms with Crippen LogP contribution in [-0.2, 0) is 11.3 Å². The summed E-state index contributed by atoms with van der Waals surface area (Å²) in [6, 6.07) is 6.20. The number of hydrogen-bond acceptors (Lipinski definition) is 3. The number of piperidine rings is 2. The molecule has 23 heavy (non-hydrogen) atoms. The van der Waals surface area contributed by atoms with Crippen molar-refractivity contribution in [2.24, 2.45) is 0 Å². The lowest BCUT2D eigenvalue weighted by molar-refractivity contribution is -0.160. The minimum absolute atomic E-state index is 0.182. The smallest absolute Gasteiger partial charge is 0.256 e. The Labute approximate surface area is 136 Å². The molecule has 1 aromatic carbocycles. The largest absolute Gasteiger partial charge is 0.379 e. The van der Waals surface area contributed by atoms with Crippen molar-refractivity contribution in [2.75, 3.05) is 26.2 Å². The lowest BCUT2D eigenvalue weighted by Crippen LogP contribution is -2.58. The predicted octanol–water partition coefficient (Wildman–Crippen LogP) is 2.17. The predicted molar refractivity (Wildman–Crippen MR) is 86.3 cm³/mol. The molecule has 0 bridgehead atoms. The normalized spacial score (nSPS) is 26.5. The number of aliphatic hydroxyl groups is 1. The third-order valence-corrected chi connectivity index (χ3v) is 4.92. The van der Waals surface area contributed by atoms with Crippen molar-refractivity contribution >= 4 is 5.91 Å². The minimum Gasteiger partial charge on any atom is -0.379 e. The zero-order valence-electron chi connectivity index (χ0n) is 13.5. The van der Waals surface area contributed by atoms with Gasteiger partial charge in [-0.25, -0.2) is 4.39 Å². The Morgan fingerprint density at radius 3 is 2.43 bits per heavy atom. The van der Waals surface area contributed by atoms with Crippen LogP contribution in [0.5, 0.6) is 0 Å². The SMILES string of the molecule is O=C1N(Cc2ccc(F)cc2)CCC[C@@]1(O)CN1CCCCC1. The van der Waals surface area contributed by atoms with Gasteiger partial charge < -0.3 is 10.0 Å². The molecule has 2 aliphatic heterocycles. The van der Waals surface area contributed by atoms with Crippen LogP contribution in [-0.4, -0.2) is 52.6 Å². The van der Waals surface area contributed by atoms with E-state index in [1.54, 1.807) is 17.0 Å². The molecule has 126 valence electrons. The van der Waals surface area contributed by atoms with Gasteiger partial charge in [0.05, 0.1) is 0 Å². The molecule has 1 atom stereocenters. The summed E-state index contributed by atoms with van der Waals surface area (Å²) in [5, 5.41) is 10.9. The number of carbonyl (C=O) groups excluding carboxylic acids is 1. The monoisotopic (exact) mass is 320 g/mol.